The van der Waals surface area contributed by atoms with Crippen LogP contribution in [-0.2, 0) is 4.74 Å². The average Bonchev–Trinajstić information content (AvgIpc) is 2.19. The molecule has 76 valence electrons. The van der Waals surface area contributed by atoms with Crippen LogP contribution in [0.15, 0.2) is 24.3 Å². The summed E-state index contributed by atoms with van der Waals surface area (Å²) in [5, 5.41) is -0.512. The molecule has 0 aliphatic rings. The summed E-state index contributed by atoms with van der Waals surface area (Å²) in [6.45, 7) is 0. The highest BCUT2D eigenvalue weighted by Crippen LogP contribution is 2.04. The first-order chi connectivity index (χ1) is 6.65. The van der Waals surface area contributed by atoms with E-state index in [0.717, 1.165) is 0 Å². The Bertz CT molecular complexity index is 293. The second kappa shape index (κ2) is 7.24. The van der Waals surface area contributed by atoms with E-state index in [1.165, 1.54) is 12.1 Å². The second-order valence-electron chi connectivity index (χ2n) is 2.42. The number of ether oxygens (including phenoxy) is 1. The van der Waals surface area contributed by atoms with Crippen LogP contribution in [0.2, 0.25) is 0 Å². The molecule has 0 heterocycles. The molecule has 0 N–H and O–H groups in total. The van der Waals surface area contributed by atoms with Crippen LogP contribution in [0, 0.1) is 0 Å². The summed E-state index contributed by atoms with van der Waals surface area (Å²) < 4.78 is 4.25. The fourth-order valence-electron chi connectivity index (χ4n) is 0.693. The summed E-state index contributed by atoms with van der Waals surface area (Å²) in [5.41, 5.74) is 0.934. The fraction of sp³-hybridized carbons (Fsp3) is 0.200. The molecule has 0 aliphatic carbocycles. The molecule has 0 fully saturated rings. The average molecular weight is 215 g/mol. The van der Waals surface area contributed by atoms with E-state index in [-0.39, 0.29) is 0 Å². The molecule has 0 bridgehead atoms. The molecule has 1 aromatic carbocycles. The van der Waals surface area contributed by atoms with Crippen LogP contribution < -0.4 is 0 Å². The van der Waals surface area contributed by atoms with E-state index in [4.69, 9.17) is 11.6 Å². The van der Waals surface area contributed by atoms with Gasteiger partial charge < -0.3 is 4.74 Å². The molecule has 4 heteroatoms. The smallest absolute Gasteiger partial charge is 0.252 e. The topological polar surface area (TPSA) is 43.4 Å². The molecule has 0 radical (unpaired) electrons. The molecule has 14 heavy (non-hydrogen) atoms. The van der Waals surface area contributed by atoms with Crippen molar-refractivity contribution in [3.8, 4) is 0 Å². The number of hydrogen-bond donors (Lipinski definition) is 0. The maximum absolute atomic E-state index is 10.5. The van der Waals surface area contributed by atoms with Gasteiger partial charge in [-0.05, 0) is 23.7 Å². The van der Waals surface area contributed by atoms with Crippen molar-refractivity contribution < 1.29 is 14.3 Å². The zero-order valence-corrected chi connectivity index (χ0v) is 8.75. The van der Waals surface area contributed by atoms with Crippen molar-refractivity contribution in [3.05, 3.63) is 35.4 Å². The number of halogens is 1. The highest BCUT2D eigenvalue weighted by atomic mass is 35.5. The third kappa shape index (κ3) is 4.74. The monoisotopic (exact) mass is 214 g/mol. The zero-order valence-electron chi connectivity index (χ0n) is 7.99. The number of carbonyl (C=O) groups is 2. The molecule has 0 spiro atoms. The molecule has 0 unspecified atom stereocenters. The minimum absolute atomic E-state index is 0.400. The van der Waals surface area contributed by atoms with Crippen molar-refractivity contribution in [2.24, 2.45) is 0 Å². The van der Waals surface area contributed by atoms with Crippen LogP contribution in [0.1, 0.15) is 20.7 Å². The maximum Gasteiger partial charge on any atom is 0.252 e. The van der Waals surface area contributed by atoms with Gasteiger partial charge in [-0.2, -0.15) is 0 Å². The third-order valence-corrected chi connectivity index (χ3v) is 1.49. The lowest BCUT2D eigenvalue weighted by atomic mass is 10.2. The quantitative estimate of drug-likeness (QED) is 0.560. The van der Waals surface area contributed by atoms with E-state index < -0.39 is 5.24 Å². The Labute approximate surface area is 87.6 Å². The van der Waals surface area contributed by atoms with Gasteiger partial charge in [0.15, 0.2) is 0 Å². The van der Waals surface area contributed by atoms with E-state index in [1.54, 1.807) is 26.4 Å². The molecule has 1 rings (SSSR count). The SMILES string of the molecule is COC.O=Cc1ccc(C(=O)Cl)cc1. The summed E-state index contributed by atoms with van der Waals surface area (Å²) in [5.74, 6) is 0. The van der Waals surface area contributed by atoms with Gasteiger partial charge in [0.25, 0.3) is 5.24 Å². The summed E-state index contributed by atoms with van der Waals surface area (Å²) in [6, 6.07) is 6.11. The summed E-state index contributed by atoms with van der Waals surface area (Å²) >= 11 is 5.17. The lowest BCUT2D eigenvalue weighted by Crippen LogP contribution is -1.88. The molecule has 0 amide bonds. The van der Waals surface area contributed by atoms with Crippen molar-refractivity contribution in [3.63, 3.8) is 0 Å². The van der Waals surface area contributed by atoms with E-state index in [0.29, 0.717) is 17.4 Å². The van der Waals surface area contributed by atoms with E-state index in [9.17, 15) is 9.59 Å². The standard InChI is InChI=1S/C8H5ClO2.C2H6O/c9-8(11)7-3-1-6(5-10)2-4-7;1-3-2/h1-5H;1-2H3. The first-order valence-electron chi connectivity index (χ1n) is 3.81. The number of carbonyl (C=O) groups excluding carboxylic acids is 2. The predicted octanol–water partition coefficient (Wildman–Crippen LogP) is 2.14. The van der Waals surface area contributed by atoms with Crippen molar-refractivity contribution in [1.29, 1.82) is 0 Å². The van der Waals surface area contributed by atoms with Crippen LogP contribution in [0.4, 0.5) is 0 Å². The Balaban J connectivity index is 0.000000500. The highest BCUT2D eigenvalue weighted by molar-refractivity contribution is 6.67. The van der Waals surface area contributed by atoms with Gasteiger partial charge in [-0.3, -0.25) is 9.59 Å². The summed E-state index contributed by atoms with van der Waals surface area (Å²) in [6.07, 6.45) is 0.711. The van der Waals surface area contributed by atoms with Crippen LogP contribution in [0.5, 0.6) is 0 Å². The van der Waals surface area contributed by atoms with E-state index >= 15 is 0 Å². The summed E-state index contributed by atoms with van der Waals surface area (Å²) in [7, 11) is 3.25. The van der Waals surface area contributed by atoms with E-state index in [2.05, 4.69) is 4.74 Å². The van der Waals surface area contributed by atoms with Crippen molar-refractivity contribution in [2.75, 3.05) is 14.2 Å². The molecule has 1 aromatic rings. The largest absolute Gasteiger partial charge is 0.388 e. The van der Waals surface area contributed by atoms with Crippen molar-refractivity contribution in [1.82, 2.24) is 0 Å². The van der Waals surface area contributed by atoms with Crippen LogP contribution in [-0.4, -0.2) is 25.7 Å². The number of aldehydes is 1. The number of methoxy groups -OCH3 is 1. The Morgan fingerprint density at radius 3 is 2.00 bits per heavy atom. The number of benzene rings is 1. The van der Waals surface area contributed by atoms with Gasteiger partial charge in [-0.1, -0.05) is 12.1 Å². The molecule has 0 atom stereocenters. The second-order valence-corrected chi connectivity index (χ2v) is 2.77. The minimum atomic E-state index is -0.512. The molecule has 0 aliphatic heterocycles. The van der Waals surface area contributed by atoms with Gasteiger partial charge in [0, 0.05) is 25.3 Å². The highest BCUT2D eigenvalue weighted by Gasteiger charge is 1.99. The first-order valence-corrected chi connectivity index (χ1v) is 4.18. The Morgan fingerprint density at radius 1 is 1.29 bits per heavy atom. The van der Waals surface area contributed by atoms with Gasteiger partial charge in [0.2, 0.25) is 0 Å². The molecule has 0 saturated heterocycles. The molecule has 0 aromatic heterocycles. The van der Waals surface area contributed by atoms with Crippen molar-refractivity contribution in [2.45, 2.75) is 0 Å². The van der Waals surface area contributed by atoms with E-state index in [1.807, 2.05) is 0 Å². The Kier molecular flexibility index (Phi) is 6.62. The lowest BCUT2D eigenvalue weighted by Gasteiger charge is -1.91. The van der Waals surface area contributed by atoms with Gasteiger partial charge in [0.05, 0.1) is 0 Å². The fourth-order valence-corrected chi connectivity index (χ4v) is 0.819. The third-order valence-electron chi connectivity index (χ3n) is 1.27. The zero-order chi connectivity index (χ0) is 11.0. The number of hydrogen-bond acceptors (Lipinski definition) is 3. The Morgan fingerprint density at radius 2 is 1.71 bits per heavy atom. The molecule has 3 nitrogen and oxygen atoms in total. The summed E-state index contributed by atoms with van der Waals surface area (Å²) in [4.78, 5) is 20.7. The van der Waals surface area contributed by atoms with Crippen LogP contribution in [0.3, 0.4) is 0 Å². The number of rotatable bonds is 2. The first kappa shape index (κ1) is 12.8. The van der Waals surface area contributed by atoms with Gasteiger partial charge in [0.1, 0.15) is 6.29 Å². The van der Waals surface area contributed by atoms with Gasteiger partial charge in [-0.25, -0.2) is 0 Å². The predicted molar refractivity (Wildman–Crippen MR) is 54.9 cm³/mol. The normalized spacial score (nSPS) is 8.50. The van der Waals surface area contributed by atoms with Crippen LogP contribution in [0.25, 0.3) is 0 Å². The van der Waals surface area contributed by atoms with Gasteiger partial charge in [-0.15, -0.1) is 0 Å². The minimum Gasteiger partial charge on any atom is -0.388 e. The molecular weight excluding hydrogens is 204 g/mol. The Hall–Kier alpha value is -1.19. The van der Waals surface area contributed by atoms with Crippen molar-refractivity contribution >= 4 is 23.1 Å². The molecular formula is C10H11ClO3. The maximum atomic E-state index is 10.5. The lowest BCUT2D eigenvalue weighted by molar-refractivity contribution is 0.107. The van der Waals surface area contributed by atoms with Gasteiger partial charge >= 0.3 is 0 Å². The van der Waals surface area contributed by atoms with Crippen LogP contribution >= 0.6 is 11.6 Å². The molecule has 0 saturated carbocycles.